The van der Waals surface area contributed by atoms with E-state index >= 15 is 0 Å². The number of methoxy groups -OCH3 is 1. The van der Waals surface area contributed by atoms with E-state index in [9.17, 15) is 9.59 Å². The minimum Gasteiger partial charge on any atom is -0.493 e. The molecule has 2 amide bonds. The Morgan fingerprint density at radius 2 is 1.78 bits per heavy atom. The molecule has 0 spiro atoms. The van der Waals surface area contributed by atoms with Crippen molar-refractivity contribution in [3.63, 3.8) is 0 Å². The summed E-state index contributed by atoms with van der Waals surface area (Å²) >= 11 is 5.89. The maximum Gasteiger partial charge on any atom is 0.329 e. The lowest BCUT2D eigenvalue weighted by atomic mass is 10.2. The van der Waals surface area contributed by atoms with Crippen LogP contribution in [0.25, 0.3) is 0 Å². The molecular formula is C24H22ClN3O4. The Kier molecular flexibility index (Phi) is 7.83. The number of benzene rings is 3. The van der Waals surface area contributed by atoms with Crippen LogP contribution in [0.1, 0.15) is 16.7 Å². The van der Waals surface area contributed by atoms with Crippen molar-refractivity contribution in [2.24, 2.45) is 5.10 Å². The number of halogens is 1. The van der Waals surface area contributed by atoms with Crippen LogP contribution in [-0.2, 0) is 16.2 Å². The number of hydrogen-bond donors (Lipinski definition) is 2. The first-order valence-corrected chi connectivity index (χ1v) is 10.1. The van der Waals surface area contributed by atoms with Gasteiger partial charge >= 0.3 is 11.8 Å². The highest BCUT2D eigenvalue weighted by Gasteiger charge is 2.13. The van der Waals surface area contributed by atoms with Gasteiger partial charge in [-0.3, -0.25) is 9.59 Å². The Bertz CT molecular complexity index is 1130. The molecule has 0 aromatic heterocycles. The van der Waals surface area contributed by atoms with E-state index in [1.54, 1.807) is 48.5 Å². The predicted octanol–water partition coefficient (Wildman–Crippen LogP) is 4.32. The van der Waals surface area contributed by atoms with Gasteiger partial charge in [-0.1, -0.05) is 35.9 Å². The van der Waals surface area contributed by atoms with E-state index < -0.39 is 11.8 Å². The van der Waals surface area contributed by atoms with Crippen molar-refractivity contribution >= 4 is 35.3 Å². The summed E-state index contributed by atoms with van der Waals surface area (Å²) in [6.07, 6.45) is 1.41. The number of amides is 2. The Morgan fingerprint density at radius 3 is 2.50 bits per heavy atom. The van der Waals surface area contributed by atoms with Crippen LogP contribution in [0.2, 0.25) is 5.02 Å². The SMILES string of the molecule is COc1cc(/C=N\NC(=O)C(=O)Nc2cccc(C)c2)ccc1OCc1ccc(Cl)cc1. The summed E-state index contributed by atoms with van der Waals surface area (Å²) in [5.74, 6) is -0.624. The Morgan fingerprint density at radius 1 is 1.00 bits per heavy atom. The largest absolute Gasteiger partial charge is 0.493 e. The molecule has 0 atom stereocenters. The Balaban J connectivity index is 1.56. The molecule has 0 saturated heterocycles. The lowest BCUT2D eigenvalue weighted by molar-refractivity contribution is -0.136. The molecule has 0 saturated carbocycles. The second-order valence-corrected chi connectivity index (χ2v) is 7.28. The minimum atomic E-state index is -0.877. The molecule has 7 nitrogen and oxygen atoms in total. The third-order valence-corrected chi connectivity index (χ3v) is 4.61. The van der Waals surface area contributed by atoms with E-state index in [1.807, 2.05) is 25.1 Å². The summed E-state index contributed by atoms with van der Waals surface area (Å²) in [4.78, 5) is 23.9. The average Bonchev–Trinajstić information content (AvgIpc) is 2.79. The molecule has 8 heteroatoms. The molecule has 2 N–H and O–H groups in total. The van der Waals surface area contributed by atoms with Crippen molar-refractivity contribution in [2.45, 2.75) is 13.5 Å². The normalized spacial score (nSPS) is 10.6. The molecule has 0 heterocycles. The third-order valence-electron chi connectivity index (χ3n) is 4.36. The van der Waals surface area contributed by atoms with Crippen LogP contribution in [0.5, 0.6) is 11.5 Å². The number of ether oxygens (including phenoxy) is 2. The molecule has 32 heavy (non-hydrogen) atoms. The van der Waals surface area contributed by atoms with Gasteiger partial charge in [-0.25, -0.2) is 5.43 Å². The summed E-state index contributed by atoms with van der Waals surface area (Å²) in [5, 5.41) is 7.01. The summed E-state index contributed by atoms with van der Waals surface area (Å²) < 4.78 is 11.2. The van der Waals surface area contributed by atoms with Crippen molar-refractivity contribution in [3.8, 4) is 11.5 Å². The number of nitrogens with one attached hydrogen (secondary N) is 2. The first-order chi connectivity index (χ1) is 15.4. The molecule has 3 rings (SSSR count). The van der Waals surface area contributed by atoms with Crippen molar-refractivity contribution in [2.75, 3.05) is 12.4 Å². The number of nitrogens with zero attached hydrogens (tertiary/aromatic N) is 1. The van der Waals surface area contributed by atoms with Crippen LogP contribution in [0.4, 0.5) is 5.69 Å². The van der Waals surface area contributed by atoms with Crippen molar-refractivity contribution < 1.29 is 19.1 Å². The monoisotopic (exact) mass is 451 g/mol. The van der Waals surface area contributed by atoms with Crippen LogP contribution in [0.3, 0.4) is 0 Å². The fourth-order valence-corrected chi connectivity index (χ4v) is 2.88. The summed E-state index contributed by atoms with van der Waals surface area (Å²) in [6, 6.07) is 19.7. The van der Waals surface area contributed by atoms with Crippen LogP contribution in [0, 0.1) is 6.92 Å². The van der Waals surface area contributed by atoms with Gasteiger partial charge in [0.2, 0.25) is 0 Å². The van der Waals surface area contributed by atoms with Gasteiger partial charge in [-0.2, -0.15) is 5.10 Å². The van der Waals surface area contributed by atoms with Gasteiger partial charge < -0.3 is 14.8 Å². The number of hydrogen-bond acceptors (Lipinski definition) is 5. The third kappa shape index (κ3) is 6.58. The molecular weight excluding hydrogens is 430 g/mol. The molecule has 0 radical (unpaired) electrons. The van der Waals surface area contributed by atoms with Crippen LogP contribution >= 0.6 is 11.6 Å². The van der Waals surface area contributed by atoms with E-state index in [4.69, 9.17) is 21.1 Å². The van der Waals surface area contributed by atoms with Gasteiger partial charge in [0, 0.05) is 10.7 Å². The highest BCUT2D eigenvalue weighted by atomic mass is 35.5. The van der Waals surface area contributed by atoms with Gasteiger partial charge in [-0.15, -0.1) is 0 Å². The second kappa shape index (κ2) is 11.0. The highest BCUT2D eigenvalue weighted by Crippen LogP contribution is 2.28. The van der Waals surface area contributed by atoms with Crippen molar-refractivity contribution in [1.29, 1.82) is 0 Å². The second-order valence-electron chi connectivity index (χ2n) is 6.85. The summed E-state index contributed by atoms with van der Waals surface area (Å²) in [7, 11) is 1.53. The zero-order valence-electron chi connectivity index (χ0n) is 17.6. The molecule has 0 aliphatic heterocycles. The van der Waals surface area contributed by atoms with Crippen LogP contribution in [0.15, 0.2) is 71.8 Å². The molecule has 0 fully saturated rings. The molecule has 3 aromatic carbocycles. The number of rotatable bonds is 7. The topological polar surface area (TPSA) is 89.0 Å². The Hall–Kier alpha value is -3.84. The smallest absolute Gasteiger partial charge is 0.329 e. The van der Waals surface area contributed by atoms with Gasteiger partial charge in [0.05, 0.1) is 13.3 Å². The van der Waals surface area contributed by atoms with Gasteiger partial charge in [0.1, 0.15) is 6.61 Å². The van der Waals surface area contributed by atoms with E-state index in [-0.39, 0.29) is 0 Å². The van der Waals surface area contributed by atoms with E-state index in [1.165, 1.54) is 13.3 Å². The van der Waals surface area contributed by atoms with Crippen LogP contribution < -0.4 is 20.2 Å². The number of anilines is 1. The molecule has 0 aliphatic rings. The average molecular weight is 452 g/mol. The quantitative estimate of drug-likeness (QED) is 0.318. The molecule has 0 unspecified atom stereocenters. The molecule has 0 aliphatic carbocycles. The predicted molar refractivity (Wildman–Crippen MR) is 124 cm³/mol. The maximum absolute atomic E-state index is 12.0. The van der Waals surface area contributed by atoms with E-state index in [2.05, 4.69) is 15.8 Å². The summed E-state index contributed by atoms with van der Waals surface area (Å²) in [5.41, 5.74) is 5.33. The lowest BCUT2D eigenvalue weighted by Crippen LogP contribution is -2.32. The zero-order chi connectivity index (χ0) is 22.9. The number of carbonyl (C=O) groups is 2. The first-order valence-electron chi connectivity index (χ1n) is 9.71. The van der Waals surface area contributed by atoms with Crippen molar-refractivity contribution in [3.05, 3.63) is 88.4 Å². The summed E-state index contributed by atoms with van der Waals surface area (Å²) in [6.45, 7) is 2.25. The van der Waals surface area contributed by atoms with E-state index in [0.717, 1.165) is 11.1 Å². The standard InChI is InChI=1S/C24H22ClN3O4/c1-16-4-3-5-20(12-16)27-23(29)24(30)28-26-14-18-8-11-21(22(13-18)31-2)32-15-17-6-9-19(25)10-7-17/h3-14H,15H2,1-2H3,(H,27,29)(H,28,30)/b26-14-. The maximum atomic E-state index is 12.0. The number of carbonyl (C=O) groups excluding carboxylic acids is 2. The molecule has 0 bridgehead atoms. The fraction of sp³-hybridized carbons (Fsp3) is 0.125. The van der Waals surface area contributed by atoms with Crippen LogP contribution in [-0.4, -0.2) is 25.1 Å². The Labute approximate surface area is 191 Å². The first kappa shape index (κ1) is 22.8. The van der Waals surface area contributed by atoms with Crippen molar-refractivity contribution in [1.82, 2.24) is 5.43 Å². The zero-order valence-corrected chi connectivity index (χ0v) is 18.3. The number of hydrazone groups is 1. The van der Waals surface area contributed by atoms with Gasteiger partial charge in [-0.05, 0) is 66.1 Å². The molecule has 3 aromatic rings. The van der Waals surface area contributed by atoms with Gasteiger partial charge in [0.25, 0.3) is 0 Å². The number of aryl methyl sites for hydroxylation is 1. The lowest BCUT2D eigenvalue weighted by Gasteiger charge is -2.11. The van der Waals surface area contributed by atoms with Gasteiger partial charge in [0.15, 0.2) is 11.5 Å². The highest BCUT2D eigenvalue weighted by molar-refractivity contribution is 6.39. The fourth-order valence-electron chi connectivity index (χ4n) is 2.75. The van der Waals surface area contributed by atoms with E-state index in [0.29, 0.717) is 34.4 Å². The molecule has 164 valence electrons. The minimum absolute atomic E-state index is 0.354.